The molecule has 0 fully saturated rings. The summed E-state index contributed by atoms with van der Waals surface area (Å²) in [6, 6.07) is 13.9. The van der Waals surface area contributed by atoms with Gasteiger partial charge >= 0.3 is 0 Å². The highest BCUT2D eigenvalue weighted by Gasteiger charge is 2.19. The Morgan fingerprint density at radius 1 is 1.21 bits per heavy atom. The first-order chi connectivity index (χ1) is 13.9. The van der Waals surface area contributed by atoms with Crippen molar-refractivity contribution >= 4 is 43.1 Å². The predicted molar refractivity (Wildman–Crippen MR) is 115 cm³/mol. The van der Waals surface area contributed by atoms with Crippen LogP contribution in [0.1, 0.15) is 12.5 Å². The summed E-state index contributed by atoms with van der Waals surface area (Å²) in [5, 5.41) is 0.739. The smallest absolute Gasteiger partial charge is 0.262 e. The predicted octanol–water partition coefficient (Wildman–Crippen LogP) is 2.53. The van der Waals surface area contributed by atoms with Crippen LogP contribution in [0.15, 0.2) is 73.6 Å². The summed E-state index contributed by atoms with van der Waals surface area (Å²) < 4.78 is 34.5. The van der Waals surface area contributed by atoms with Crippen LogP contribution in [0.4, 0.5) is 11.4 Å². The average Bonchev–Trinajstić information content (AvgIpc) is 3.18. The summed E-state index contributed by atoms with van der Waals surface area (Å²) in [7, 11) is -3.70. The zero-order valence-corrected chi connectivity index (χ0v) is 18.0. The minimum atomic E-state index is -3.70. The molecule has 1 aromatic heterocycles. The Morgan fingerprint density at radius 2 is 1.97 bits per heavy atom. The van der Waals surface area contributed by atoms with Gasteiger partial charge < -0.3 is 15.1 Å². The summed E-state index contributed by atoms with van der Waals surface area (Å²) in [5.41, 5.74) is 8.77. The molecular weight excluding hydrogens is 456 g/mol. The van der Waals surface area contributed by atoms with Gasteiger partial charge in [0, 0.05) is 15.8 Å². The molecule has 0 bridgehead atoms. The van der Waals surface area contributed by atoms with Crippen LogP contribution in [0.25, 0.3) is 5.82 Å². The van der Waals surface area contributed by atoms with E-state index in [4.69, 9.17) is 10.2 Å². The van der Waals surface area contributed by atoms with E-state index in [-0.39, 0.29) is 4.90 Å². The van der Waals surface area contributed by atoms with Crippen molar-refractivity contribution in [2.75, 3.05) is 16.3 Å². The maximum atomic E-state index is 12.9. The monoisotopic (exact) mass is 474 g/mol. The van der Waals surface area contributed by atoms with Gasteiger partial charge in [0.2, 0.25) is 5.55 Å². The van der Waals surface area contributed by atoms with Gasteiger partial charge in [-0.1, -0.05) is 22.9 Å². The van der Waals surface area contributed by atoms with Gasteiger partial charge in [-0.15, -0.1) is 0 Å². The van der Waals surface area contributed by atoms with Crippen LogP contribution in [0.5, 0.6) is 0 Å². The Bertz CT molecular complexity index is 1280. The van der Waals surface area contributed by atoms with Gasteiger partial charge in [-0.2, -0.15) is 0 Å². The van der Waals surface area contributed by atoms with Crippen LogP contribution in [-0.4, -0.2) is 15.1 Å². The van der Waals surface area contributed by atoms with Crippen LogP contribution in [-0.2, 0) is 16.4 Å². The maximum Gasteiger partial charge on any atom is 0.262 e. The lowest BCUT2D eigenvalue weighted by Gasteiger charge is -2.24. The number of nitrogens with zero attached hydrogens (tertiary/aromatic N) is 2. The summed E-state index contributed by atoms with van der Waals surface area (Å²) in [6.07, 6.45) is 2.16. The fourth-order valence-electron chi connectivity index (χ4n) is 3.20. The van der Waals surface area contributed by atoms with Gasteiger partial charge in [0.05, 0.1) is 16.4 Å². The molecule has 4 rings (SSSR count). The van der Waals surface area contributed by atoms with E-state index in [0.717, 1.165) is 20.9 Å². The van der Waals surface area contributed by atoms with E-state index in [1.807, 2.05) is 17.9 Å². The van der Waals surface area contributed by atoms with E-state index in [9.17, 15) is 8.42 Å². The Hall–Kier alpha value is -2.78. The third-order valence-electron chi connectivity index (χ3n) is 4.69. The van der Waals surface area contributed by atoms with Crippen LogP contribution in [0.2, 0.25) is 0 Å². The van der Waals surface area contributed by atoms with Gasteiger partial charge in [-0.05, 0) is 60.5 Å². The number of hydrogen-bond acceptors (Lipinski definition) is 6. The van der Waals surface area contributed by atoms with Crippen molar-refractivity contribution < 1.29 is 12.8 Å². The van der Waals surface area contributed by atoms with Crippen LogP contribution in [0.3, 0.4) is 0 Å². The molecule has 9 heteroatoms. The van der Waals surface area contributed by atoms with Crippen LogP contribution < -0.4 is 26.1 Å². The largest absolute Gasteiger partial charge is 0.446 e. The number of fused-ring (bicyclic) bond motifs is 1. The first-order valence-corrected chi connectivity index (χ1v) is 11.2. The standard InChI is InChI=1S/C20H19BrN4O3S/c1-2-13-11-14(21)3-8-18(13)29(26,27)24-15-4-6-16(7-5-15)25-12-23-20-17(19(25)22)9-10-28-20/h3-11,24H,2,12,22H2,1H3. The first kappa shape index (κ1) is 19.5. The number of anilines is 2. The molecule has 29 heavy (non-hydrogen) atoms. The van der Waals surface area contributed by atoms with Crippen molar-refractivity contribution in [3.05, 3.63) is 75.6 Å². The lowest BCUT2D eigenvalue weighted by atomic mass is 10.2. The molecule has 2 heterocycles. The molecule has 0 radical (unpaired) electrons. The maximum absolute atomic E-state index is 12.9. The molecule has 0 atom stereocenters. The highest BCUT2D eigenvalue weighted by Crippen LogP contribution is 2.25. The number of nitrogens with one attached hydrogen (secondary N) is 1. The third-order valence-corrected chi connectivity index (χ3v) is 6.67. The lowest BCUT2D eigenvalue weighted by molar-refractivity contribution is 0.500. The van der Waals surface area contributed by atoms with Gasteiger partial charge in [0.15, 0.2) is 0 Å². The molecule has 3 N–H and O–H groups in total. The number of nitrogens with two attached hydrogens (primary N) is 1. The van der Waals surface area contributed by atoms with Crippen LogP contribution >= 0.6 is 15.9 Å². The Balaban J connectivity index is 1.59. The molecule has 0 saturated carbocycles. The number of hydrogen-bond donors (Lipinski definition) is 2. The number of sulfonamides is 1. The van der Waals surface area contributed by atoms with Crippen molar-refractivity contribution in [1.29, 1.82) is 0 Å². The van der Waals surface area contributed by atoms with Crippen molar-refractivity contribution in [3.8, 4) is 0 Å². The van der Waals surface area contributed by atoms with Gasteiger partial charge in [-0.3, -0.25) is 4.72 Å². The molecule has 3 aromatic rings. The first-order valence-electron chi connectivity index (χ1n) is 8.95. The molecule has 0 aliphatic carbocycles. The molecular formula is C20H19BrN4O3S. The average molecular weight is 475 g/mol. The Kier molecular flexibility index (Phi) is 5.10. The van der Waals surface area contributed by atoms with Gasteiger partial charge in [0.1, 0.15) is 12.5 Å². The van der Waals surface area contributed by atoms with E-state index >= 15 is 0 Å². The van der Waals surface area contributed by atoms with Gasteiger partial charge in [-0.25, -0.2) is 13.4 Å². The fraction of sp³-hybridized carbons (Fsp3) is 0.150. The van der Waals surface area contributed by atoms with Crippen molar-refractivity contribution in [3.63, 3.8) is 0 Å². The van der Waals surface area contributed by atoms with Crippen LogP contribution in [0, 0.1) is 0 Å². The molecule has 2 aromatic carbocycles. The normalized spacial score (nSPS) is 13.7. The minimum absolute atomic E-state index is 0.271. The summed E-state index contributed by atoms with van der Waals surface area (Å²) in [5.74, 6) is 0.541. The molecule has 0 saturated heterocycles. The number of rotatable bonds is 5. The highest BCUT2D eigenvalue weighted by atomic mass is 79.9. The lowest BCUT2D eigenvalue weighted by Crippen LogP contribution is -2.42. The number of aryl methyl sites for hydroxylation is 1. The van der Waals surface area contributed by atoms with Crippen molar-refractivity contribution in [2.24, 2.45) is 10.7 Å². The third kappa shape index (κ3) is 3.75. The van der Waals surface area contributed by atoms with E-state index in [0.29, 0.717) is 30.2 Å². The second kappa shape index (κ2) is 7.57. The summed E-state index contributed by atoms with van der Waals surface area (Å²) >= 11 is 3.38. The second-order valence-corrected chi connectivity index (χ2v) is 9.08. The van der Waals surface area contributed by atoms with E-state index in [1.54, 1.807) is 48.7 Å². The highest BCUT2D eigenvalue weighted by molar-refractivity contribution is 9.10. The molecule has 1 aliphatic rings. The number of halogens is 1. The second-order valence-electron chi connectivity index (χ2n) is 6.51. The number of furan rings is 1. The van der Waals surface area contributed by atoms with E-state index < -0.39 is 10.0 Å². The molecule has 1 aliphatic heterocycles. The Morgan fingerprint density at radius 3 is 2.69 bits per heavy atom. The molecule has 0 spiro atoms. The molecule has 150 valence electrons. The zero-order chi connectivity index (χ0) is 20.6. The fourth-order valence-corrected chi connectivity index (χ4v) is 4.96. The van der Waals surface area contributed by atoms with E-state index in [2.05, 4.69) is 25.6 Å². The van der Waals surface area contributed by atoms with Gasteiger partial charge in [0.25, 0.3) is 10.0 Å². The zero-order valence-electron chi connectivity index (χ0n) is 15.6. The van der Waals surface area contributed by atoms with E-state index in [1.165, 1.54) is 0 Å². The van der Waals surface area contributed by atoms with Crippen molar-refractivity contribution in [2.45, 2.75) is 18.2 Å². The number of benzene rings is 2. The molecule has 0 unspecified atom stereocenters. The Labute approximate surface area is 176 Å². The summed E-state index contributed by atoms with van der Waals surface area (Å²) in [6.45, 7) is 2.25. The molecule has 7 nitrogen and oxygen atoms in total. The topological polar surface area (TPSA) is 101 Å². The SMILES string of the molecule is CCc1cc(Br)ccc1S(=O)(=O)Nc1ccc(N2CN=c3occc3=C2N)cc1. The quantitative estimate of drug-likeness (QED) is 0.591. The minimum Gasteiger partial charge on any atom is -0.446 e. The van der Waals surface area contributed by atoms with Crippen molar-refractivity contribution in [1.82, 2.24) is 0 Å². The molecule has 0 amide bonds. The summed E-state index contributed by atoms with van der Waals surface area (Å²) in [4.78, 5) is 6.46.